The maximum absolute atomic E-state index is 13.9. The maximum atomic E-state index is 13.9. The fourth-order valence-corrected chi connectivity index (χ4v) is 7.21. The predicted molar refractivity (Wildman–Crippen MR) is 164 cm³/mol. The number of amides is 2. The average Bonchev–Trinajstić information content (AvgIpc) is 3.28. The average molecular weight is 640 g/mol. The summed E-state index contributed by atoms with van der Waals surface area (Å²) in [5.74, 6) is -0.295. The van der Waals surface area contributed by atoms with Crippen LogP contribution in [0.2, 0.25) is 0 Å². The number of hydrogen-bond donors (Lipinski definition) is 2. The number of hydrogen-bond acceptors (Lipinski definition) is 5. The van der Waals surface area contributed by atoms with Crippen molar-refractivity contribution in [3.05, 3.63) is 46.8 Å². The third kappa shape index (κ3) is 6.65. The number of likely N-dealkylation sites (tertiary alicyclic amines) is 1. The molecule has 5 rings (SSSR count). The van der Waals surface area contributed by atoms with Crippen LogP contribution in [0.5, 0.6) is 0 Å². The molecule has 244 valence electrons. The molecule has 3 heterocycles. The minimum atomic E-state index is -4.40. The highest BCUT2D eigenvalue weighted by atomic mass is 35.5. The molecule has 3 fully saturated rings. The van der Waals surface area contributed by atoms with E-state index in [0.29, 0.717) is 44.7 Å². The quantitative estimate of drug-likeness (QED) is 0.408. The number of rotatable bonds is 8. The molecule has 2 aliphatic heterocycles. The Morgan fingerprint density at radius 2 is 1.70 bits per heavy atom. The monoisotopic (exact) mass is 639 g/mol. The van der Waals surface area contributed by atoms with E-state index in [9.17, 15) is 27.9 Å². The number of carbonyl (C=O) groups is 2. The number of aliphatic hydroxyl groups excluding tert-OH is 1. The van der Waals surface area contributed by atoms with Crippen LogP contribution in [0, 0.1) is 19.8 Å². The van der Waals surface area contributed by atoms with Crippen molar-refractivity contribution in [2.75, 3.05) is 19.6 Å². The minimum Gasteiger partial charge on any atom is -0.390 e. The fraction of sp³-hybridized carbons (Fsp3) is 0.656. The summed E-state index contributed by atoms with van der Waals surface area (Å²) >= 11 is 0. The largest absolute Gasteiger partial charge is 0.416 e. The van der Waals surface area contributed by atoms with Gasteiger partial charge in [0.25, 0.3) is 0 Å². The van der Waals surface area contributed by atoms with Crippen LogP contribution >= 0.6 is 12.4 Å². The normalized spacial score (nSPS) is 22.2. The highest BCUT2D eigenvalue weighted by Crippen LogP contribution is 2.37. The van der Waals surface area contributed by atoms with E-state index in [1.165, 1.54) is 12.1 Å². The Morgan fingerprint density at radius 1 is 1.07 bits per heavy atom. The lowest BCUT2D eigenvalue weighted by Gasteiger charge is -2.52. The second-order valence-corrected chi connectivity index (χ2v) is 12.6. The molecule has 1 aromatic carbocycles. The number of benzene rings is 1. The number of nitrogens with one attached hydrogen (secondary N) is 1. The molecule has 0 bridgehead atoms. The standard InChI is InChI=1S/C32H44F3N5O3.ClH/c1-4-5-17-39-29(42)27(28(41)23-9-7-6-8-10-23)36-30(43)31(39)15-18-38(19-16-31)20-26-21(2)37-40(22(26)3)25-13-11-24(12-14-25)32(33,34)35;/h11-14,23,27-28,41H,4-10,15-20H2,1-3H3,(H,36,43);1H/t27-,28-;/m1./s1. The molecule has 2 saturated heterocycles. The first-order chi connectivity index (χ1) is 20.5. The molecule has 0 unspecified atom stereocenters. The van der Waals surface area contributed by atoms with Gasteiger partial charge in [0.1, 0.15) is 11.6 Å². The summed E-state index contributed by atoms with van der Waals surface area (Å²) in [5.41, 5.74) is 1.58. The molecule has 1 aromatic heterocycles. The number of nitrogens with zero attached hydrogens (tertiary/aromatic N) is 4. The van der Waals surface area contributed by atoms with Crippen molar-refractivity contribution in [3.8, 4) is 5.69 Å². The van der Waals surface area contributed by atoms with Crippen LogP contribution in [0.3, 0.4) is 0 Å². The van der Waals surface area contributed by atoms with Crippen molar-refractivity contribution in [1.82, 2.24) is 24.9 Å². The molecule has 1 aliphatic carbocycles. The first-order valence-corrected chi connectivity index (χ1v) is 15.7. The van der Waals surface area contributed by atoms with Crippen molar-refractivity contribution < 1.29 is 27.9 Å². The predicted octanol–water partition coefficient (Wildman–Crippen LogP) is 5.33. The summed E-state index contributed by atoms with van der Waals surface area (Å²) in [6.45, 7) is 8.15. The van der Waals surface area contributed by atoms with Crippen molar-refractivity contribution in [3.63, 3.8) is 0 Å². The van der Waals surface area contributed by atoms with Gasteiger partial charge in [0.15, 0.2) is 0 Å². The zero-order valence-electron chi connectivity index (χ0n) is 25.8. The lowest BCUT2D eigenvalue weighted by molar-refractivity contribution is -0.166. The smallest absolute Gasteiger partial charge is 0.390 e. The van der Waals surface area contributed by atoms with Gasteiger partial charge < -0.3 is 15.3 Å². The number of halogens is 4. The summed E-state index contributed by atoms with van der Waals surface area (Å²) in [5, 5.41) is 18.8. The topological polar surface area (TPSA) is 90.7 Å². The van der Waals surface area contributed by atoms with E-state index in [1.807, 2.05) is 13.8 Å². The lowest BCUT2D eigenvalue weighted by atomic mass is 9.78. The molecular formula is C32H45ClF3N5O3. The molecule has 0 radical (unpaired) electrons. The van der Waals surface area contributed by atoms with Crippen LogP contribution in [0.25, 0.3) is 5.69 Å². The number of unbranched alkanes of at least 4 members (excludes halogenated alkanes) is 1. The molecule has 44 heavy (non-hydrogen) atoms. The van der Waals surface area contributed by atoms with E-state index >= 15 is 0 Å². The van der Waals surface area contributed by atoms with Crippen LogP contribution in [-0.2, 0) is 22.3 Å². The molecule has 3 aliphatic rings. The molecule has 8 nitrogen and oxygen atoms in total. The number of piperazine rings is 1. The Bertz CT molecular complexity index is 1300. The van der Waals surface area contributed by atoms with E-state index in [1.54, 1.807) is 9.58 Å². The van der Waals surface area contributed by atoms with E-state index in [4.69, 9.17) is 0 Å². The van der Waals surface area contributed by atoms with Gasteiger partial charge in [-0.05, 0) is 76.1 Å². The number of aryl methyl sites for hydroxylation is 1. The van der Waals surface area contributed by atoms with E-state index in [2.05, 4.69) is 22.2 Å². The number of alkyl halides is 3. The Morgan fingerprint density at radius 3 is 2.30 bits per heavy atom. The Kier molecular flexibility index (Phi) is 10.7. The van der Waals surface area contributed by atoms with E-state index < -0.39 is 29.4 Å². The number of aliphatic hydroxyl groups is 1. The van der Waals surface area contributed by atoms with Crippen LogP contribution in [0.4, 0.5) is 13.2 Å². The molecule has 1 saturated carbocycles. The van der Waals surface area contributed by atoms with Crippen LogP contribution < -0.4 is 5.32 Å². The van der Waals surface area contributed by atoms with E-state index in [-0.39, 0.29) is 30.1 Å². The summed E-state index contributed by atoms with van der Waals surface area (Å²) in [7, 11) is 0. The second-order valence-electron chi connectivity index (χ2n) is 12.6. The zero-order valence-corrected chi connectivity index (χ0v) is 26.6. The first-order valence-electron chi connectivity index (χ1n) is 15.7. The summed E-state index contributed by atoms with van der Waals surface area (Å²) in [6, 6.07) is 4.10. The number of carbonyl (C=O) groups excluding carboxylic acids is 2. The summed E-state index contributed by atoms with van der Waals surface area (Å²) in [6.07, 6.45) is 2.38. The SMILES string of the molecule is CCCCN1C(=O)[C@@H]([C@H](O)C2CCCCC2)NC(=O)C12CCN(Cc1c(C)nn(-c3ccc(C(F)(F)F)cc3)c1C)CC2.Cl. The van der Waals surface area contributed by atoms with Gasteiger partial charge in [-0.1, -0.05) is 32.6 Å². The Labute approximate surface area is 263 Å². The molecule has 12 heteroatoms. The highest BCUT2D eigenvalue weighted by Gasteiger charge is 2.55. The van der Waals surface area contributed by atoms with Crippen LogP contribution in [0.1, 0.15) is 87.2 Å². The summed E-state index contributed by atoms with van der Waals surface area (Å²) < 4.78 is 40.8. The minimum absolute atomic E-state index is 0. The van der Waals surface area contributed by atoms with Crippen molar-refractivity contribution in [2.45, 2.75) is 109 Å². The van der Waals surface area contributed by atoms with Gasteiger partial charge in [-0.15, -0.1) is 12.4 Å². The summed E-state index contributed by atoms with van der Waals surface area (Å²) in [4.78, 5) is 31.7. The van der Waals surface area contributed by atoms with Crippen molar-refractivity contribution >= 4 is 24.2 Å². The van der Waals surface area contributed by atoms with Crippen molar-refractivity contribution in [1.29, 1.82) is 0 Å². The van der Waals surface area contributed by atoms with Gasteiger partial charge in [-0.3, -0.25) is 14.5 Å². The van der Waals surface area contributed by atoms with E-state index in [0.717, 1.165) is 74.0 Å². The molecular weight excluding hydrogens is 595 g/mol. The Hall–Kier alpha value is -2.63. The van der Waals surface area contributed by atoms with Crippen molar-refractivity contribution in [2.24, 2.45) is 5.92 Å². The van der Waals surface area contributed by atoms with Gasteiger partial charge in [0.2, 0.25) is 11.8 Å². The van der Waals surface area contributed by atoms with Gasteiger partial charge in [0, 0.05) is 37.4 Å². The highest BCUT2D eigenvalue weighted by molar-refractivity contribution is 6.00. The second kappa shape index (κ2) is 13.8. The van der Waals surface area contributed by atoms with Crippen LogP contribution in [0.15, 0.2) is 24.3 Å². The van der Waals surface area contributed by atoms with Gasteiger partial charge >= 0.3 is 6.18 Å². The van der Waals surface area contributed by atoms with Gasteiger partial charge in [0.05, 0.1) is 23.0 Å². The molecule has 2 atom stereocenters. The third-order valence-electron chi connectivity index (χ3n) is 9.91. The lowest BCUT2D eigenvalue weighted by Crippen LogP contribution is -2.75. The fourth-order valence-electron chi connectivity index (χ4n) is 7.21. The maximum Gasteiger partial charge on any atom is 0.416 e. The number of aromatic nitrogens is 2. The third-order valence-corrected chi connectivity index (χ3v) is 9.91. The Balaban J connectivity index is 0.00000442. The van der Waals surface area contributed by atoms with Gasteiger partial charge in [-0.2, -0.15) is 18.3 Å². The van der Waals surface area contributed by atoms with Crippen LogP contribution in [-0.4, -0.2) is 73.8 Å². The zero-order chi connectivity index (χ0) is 30.9. The molecule has 2 amide bonds. The number of piperidine rings is 1. The van der Waals surface area contributed by atoms with Gasteiger partial charge in [-0.25, -0.2) is 4.68 Å². The molecule has 2 N–H and O–H groups in total. The molecule has 1 spiro atoms. The molecule has 2 aromatic rings. The first kappa shape index (κ1) is 34.2.